The Morgan fingerprint density at radius 3 is 2.83 bits per heavy atom. The van der Waals surface area contributed by atoms with E-state index in [9.17, 15) is 5.26 Å². The molecule has 1 aliphatic heterocycles. The van der Waals surface area contributed by atoms with E-state index in [1.54, 1.807) is 18.2 Å². The van der Waals surface area contributed by atoms with Gasteiger partial charge in [0.25, 0.3) is 0 Å². The Morgan fingerprint density at radius 1 is 1.14 bits per heavy atom. The van der Waals surface area contributed by atoms with E-state index in [1.165, 1.54) is 30.2 Å². The molecule has 5 rings (SSSR count). The molecule has 3 heterocycles. The maximum atomic E-state index is 9.38. The third-order valence-corrected chi connectivity index (χ3v) is 5.49. The zero-order valence-corrected chi connectivity index (χ0v) is 15.7. The first kappa shape index (κ1) is 17.4. The lowest BCUT2D eigenvalue weighted by molar-refractivity contribution is 0.531. The van der Waals surface area contributed by atoms with Gasteiger partial charge in [0.05, 0.1) is 6.20 Å². The fourth-order valence-corrected chi connectivity index (χ4v) is 3.85. The molecule has 3 aromatic rings. The molecule has 0 bridgehead atoms. The van der Waals surface area contributed by atoms with Gasteiger partial charge in [-0.05, 0) is 48.2 Å². The second-order valence-electron chi connectivity index (χ2n) is 7.52. The van der Waals surface area contributed by atoms with Crippen molar-refractivity contribution in [1.29, 1.82) is 5.26 Å². The Kier molecular flexibility index (Phi) is 4.03. The van der Waals surface area contributed by atoms with Crippen LogP contribution in [-0.2, 0) is 12.0 Å². The van der Waals surface area contributed by atoms with Crippen molar-refractivity contribution >= 4 is 29.1 Å². The summed E-state index contributed by atoms with van der Waals surface area (Å²) in [5.41, 5.74) is 10.1. The molecule has 144 valence electrons. The molecule has 1 aliphatic carbocycles. The van der Waals surface area contributed by atoms with Crippen molar-refractivity contribution in [2.45, 2.75) is 24.8 Å². The summed E-state index contributed by atoms with van der Waals surface area (Å²) >= 11 is 0. The van der Waals surface area contributed by atoms with Crippen molar-refractivity contribution in [1.82, 2.24) is 20.3 Å². The van der Waals surface area contributed by atoms with Crippen molar-refractivity contribution in [2.24, 2.45) is 0 Å². The Morgan fingerprint density at radius 2 is 2.03 bits per heavy atom. The fourth-order valence-electron chi connectivity index (χ4n) is 3.85. The lowest BCUT2D eigenvalue weighted by atomic mass is 9.88. The van der Waals surface area contributed by atoms with Gasteiger partial charge in [0.1, 0.15) is 23.3 Å². The average molecular weight is 384 g/mol. The van der Waals surface area contributed by atoms with Gasteiger partial charge in [0, 0.05) is 24.2 Å². The number of hydrogen-bond acceptors (Lipinski definition) is 8. The lowest BCUT2D eigenvalue weighted by Gasteiger charge is -2.26. The molecule has 0 atom stereocenters. The molecule has 0 radical (unpaired) electrons. The van der Waals surface area contributed by atoms with Crippen molar-refractivity contribution in [3.05, 3.63) is 59.3 Å². The highest BCUT2D eigenvalue weighted by Gasteiger charge is 2.46. The first-order chi connectivity index (χ1) is 14.1. The van der Waals surface area contributed by atoms with Crippen molar-refractivity contribution in [2.75, 3.05) is 22.9 Å². The normalized spacial score (nSPS) is 16.0. The molecule has 0 saturated heterocycles. The summed E-state index contributed by atoms with van der Waals surface area (Å²) in [6.45, 7) is 1.94. The Hall–Kier alpha value is -3.70. The number of anilines is 5. The number of pyridine rings is 1. The highest BCUT2D eigenvalue weighted by atomic mass is 15.2. The van der Waals surface area contributed by atoms with Crippen LogP contribution in [0.5, 0.6) is 0 Å². The minimum Gasteiger partial charge on any atom is -0.384 e. The molecule has 1 spiro atoms. The summed E-state index contributed by atoms with van der Waals surface area (Å²) in [5, 5.41) is 19.2. The van der Waals surface area contributed by atoms with Crippen LogP contribution in [0.4, 0.5) is 29.1 Å². The van der Waals surface area contributed by atoms with Crippen LogP contribution in [0, 0.1) is 11.3 Å². The van der Waals surface area contributed by atoms with Crippen molar-refractivity contribution < 1.29 is 0 Å². The quantitative estimate of drug-likeness (QED) is 0.541. The average Bonchev–Trinajstić information content (AvgIpc) is 3.48. The van der Waals surface area contributed by atoms with Crippen LogP contribution in [0.25, 0.3) is 0 Å². The second-order valence-corrected chi connectivity index (χ2v) is 7.52. The standard InChI is InChI=1S/C21H20N8/c22-9-14-11-25-20(29-19(14)28-18-3-1-2-17(23)27-18)26-15-4-5-16-13(8-15)10-24-12-21(16)6-7-21/h1-5,8,11,24H,6-7,10,12H2,(H4,23,25,26,27,28,29). The minimum atomic E-state index is 0.324. The van der Waals surface area contributed by atoms with Crippen LogP contribution in [0.2, 0.25) is 0 Å². The van der Waals surface area contributed by atoms with E-state index in [2.05, 4.69) is 55.2 Å². The molecular formula is C21H20N8. The highest BCUT2D eigenvalue weighted by Crippen LogP contribution is 2.50. The van der Waals surface area contributed by atoms with Gasteiger partial charge >= 0.3 is 0 Å². The van der Waals surface area contributed by atoms with E-state index in [-0.39, 0.29) is 0 Å². The third-order valence-electron chi connectivity index (χ3n) is 5.49. The van der Waals surface area contributed by atoms with Crippen LogP contribution in [-0.4, -0.2) is 21.5 Å². The van der Waals surface area contributed by atoms with Crippen molar-refractivity contribution in [3.63, 3.8) is 0 Å². The minimum absolute atomic E-state index is 0.324. The molecule has 29 heavy (non-hydrogen) atoms. The number of benzene rings is 1. The fraction of sp³-hybridized carbons (Fsp3) is 0.238. The Labute approximate surface area is 168 Å². The molecule has 2 aromatic heterocycles. The molecule has 8 nitrogen and oxygen atoms in total. The Bertz CT molecular complexity index is 1130. The first-order valence-electron chi connectivity index (χ1n) is 9.53. The molecule has 2 aliphatic rings. The summed E-state index contributed by atoms with van der Waals surface area (Å²) in [6.07, 6.45) is 4.00. The SMILES string of the molecule is N#Cc1cnc(Nc2ccc3c(c2)CNCC32CC2)nc1Nc1cccc(N)n1. The molecule has 0 unspecified atom stereocenters. The van der Waals surface area contributed by atoms with E-state index in [1.807, 2.05) is 0 Å². The van der Waals surface area contributed by atoms with Gasteiger partial charge in [-0.2, -0.15) is 10.2 Å². The van der Waals surface area contributed by atoms with Crippen LogP contribution in [0.15, 0.2) is 42.6 Å². The van der Waals surface area contributed by atoms with Crippen LogP contribution in [0.1, 0.15) is 29.5 Å². The lowest BCUT2D eigenvalue weighted by Crippen LogP contribution is -2.33. The summed E-state index contributed by atoms with van der Waals surface area (Å²) in [4.78, 5) is 12.9. The predicted molar refractivity (Wildman–Crippen MR) is 111 cm³/mol. The van der Waals surface area contributed by atoms with Gasteiger partial charge in [-0.3, -0.25) is 0 Å². The molecule has 1 fully saturated rings. The number of rotatable bonds is 4. The first-order valence-corrected chi connectivity index (χ1v) is 9.53. The summed E-state index contributed by atoms with van der Waals surface area (Å²) < 4.78 is 0. The highest BCUT2D eigenvalue weighted by molar-refractivity contribution is 5.64. The van der Waals surface area contributed by atoms with Crippen LogP contribution in [0.3, 0.4) is 0 Å². The number of fused-ring (bicyclic) bond motifs is 2. The molecule has 5 N–H and O–H groups in total. The van der Waals surface area contributed by atoms with E-state index in [4.69, 9.17) is 5.73 Å². The molecular weight excluding hydrogens is 364 g/mol. The van der Waals surface area contributed by atoms with Crippen LogP contribution >= 0.6 is 0 Å². The maximum Gasteiger partial charge on any atom is 0.229 e. The van der Waals surface area contributed by atoms with E-state index < -0.39 is 0 Å². The van der Waals surface area contributed by atoms with Gasteiger partial charge in [-0.25, -0.2) is 9.97 Å². The second kappa shape index (κ2) is 6.72. The number of nitrogens with one attached hydrogen (secondary N) is 3. The zero-order chi connectivity index (χ0) is 19.8. The maximum absolute atomic E-state index is 9.38. The number of nitriles is 1. The number of nitrogens with two attached hydrogens (primary N) is 1. The molecule has 0 amide bonds. The number of hydrogen-bond donors (Lipinski definition) is 4. The topological polar surface area (TPSA) is 125 Å². The number of nitrogen functional groups attached to an aromatic ring is 1. The molecule has 1 saturated carbocycles. The van der Waals surface area contributed by atoms with E-state index >= 15 is 0 Å². The van der Waals surface area contributed by atoms with Gasteiger partial charge in [-0.1, -0.05) is 12.1 Å². The monoisotopic (exact) mass is 384 g/mol. The summed E-state index contributed by atoms with van der Waals surface area (Å²) in [7, 11) is 0. The van der Waals surface area contributed by atoms with Crippen LogP contribution < -0.4 is 21.7 Å². The van der Waals surface area contributed by atoms with Gasteiger partial charge < -0.3 is 21.7 Å². The van der Waals surface area contributed by atoms with E-state index in [0.29, 0.717) is 34.4 Å². The largest absolute Gasteiger partial charge is 0.384 e. The molecule has 1 aromatic carbocycles. The smallest absolute Gasteiger partial charge is 0.229 e. The predicted octanol–water partition coefficient (Wildman–Crippen LogP) is 2.95. The number of nitrogens with zero attached hydrogens (tertiary/aromatic N) is 4. The Balaban J connectivity index is 1.41. The van der Waals surface area contributed by atoms with Gasteiger partial charge in [0.2, 0.25) is 5.95 Å². The van der Waals surface area contributed by atoms with Gasteiger partial charge in [-0.15, -0.1) is 0 Å². The third kappa shape index (κ3) is 3.32. The zero-order valence-electron chi connectivity index (χ0n) is 15.7. The van der Waals surface area contributed by atoms with Gasteiger partial charge in [0.15, 0.2) is 5.82 Å². The van der Waals surface area contributed by atoms with Crippen molar-refractivity contribution in [3.8, 4) is 6.07 Å². The number of aromatic nitrogens is 3. The van der Waals surface area contributed by atoms with E-state index in [0.717, 1.165) is 18.8 Å². The summed E-state index contributed by atoms with van der Waals surface area (Å²) in [6, 6.07) is 13.8. The molecule has 8 heteroatoms. The summed E-state index contributed by atoms with van der Waals surface area (Å²) in [5.74, 6) is 1.68.